The molecule has 4 aliphatic heterocycles. The van der Waals surface area contributed by atoms with E-state index in [0.29, 0.717) is 30.5 Å². The molecule has 0 spiro atoms. The second-order valence-corrected chi connectivity index (χ2v) is 10.3. The Kier molecular flexibility index (Phi) is 5.17. The van der Waals surface area contributed by atoms with E-state index in [-0.39, 0.29) is 41.5 Å². The molecule has 3 saturated heterocycles. The summed E-state index contributed by atoms with van der Waals surface area (Å²) in [5.41, 5.74) is 0.380. The zero-order valence-corrected chi connectivity index (χ0v) is 19.0. The van der Waals surface area contributed by atoms with Gasteiger partial charge in [0, 0.05) is 12.5 Å². The summed E-state index contributed by atoms with van der Waals surface area (Å²) in [6.07, 6.45) is 4.37. The number of epoxide rings is 1. The average Bonchev–Trinajstić information content (AvgIpc) is 3.21. The first kappa shape index (κ1) is 21.6. The highest BCUT2D eigenvalue weighted by molar-refractivity contribution is 6.21. The highest BCUT2D eigenvalue weighted by Crippen LogP contribution is 2.47. The Hall–Kier alpha value is -2.25. The molecule has 4 aliphatic rings. The summed E-state index contributed by atoms with van der Waals surface area (Å²) in [7, 11) is 0. The van der Waals surface area contributed by atoms with Crippen molar-refractivity contribution in [1.82, 2.24) is 4.90 Å². The van der Waals surface area contributed by atoms with Crippen LogP contribution in [0.15, 0.2) is 24.3 Å². The third-order valence-electron chi connectivity index (χ3n) is 7.71. The molecule has 0 N–H and O–H groups in total. The van der Waals surface area contributed by atoms with Gasteiger partial charge in [0.15, 0.2) is 6.10 Å². The fourth-order valence-corrected chi connectivity index (χ4v) is 5.62. The van der Waals surface area contributed by atoms with Crippen molar-refractivity contribution in [2.24, 2.45) is 5.92 Å². The summed E-state index contributed by atoms with van der Waals surface area (Å²) in [4.78, 5) is 38.9. The van der Waals surface area contributed by atoms with E-state index in [1.54, 1.807) is 24.3 Å². The molecule has 5 rings (SSSR count). The number of carbonyl (C=O) groups excluding carboxylic acids is 3. The lowest BCUT2D eigenvalue weighted by atomic mass is 9.77. The van der Waals surface area contributed by atoms with E-state index >= 15 is 0 Å². The van der Waals surface area contributed by atoms with E-state index in [1.165, 1.54) is 4.90 Å². The molecule has 1 unspecified atom stereocenters. The second-order valence-electron chi connectivity index (χ2n) is 10.3. The molecule has 0 radical (unpaired) electrons. The molecule has 7 nitrogen and oxygen atoms in total. The Morgan fingerprint density at radius 1 is 1.00 bits per heavy atom. The van der Waals surface area contributed by atoms with Crippen molar-refractivity contribution in [2.45, 2.75) is 88.8 Å². The van der Waals surface area contributed by atoms with Gasteiger partial charge in [0.1, 0.15) is 5.60 Å². The lowest BCUT2D eigenvalue weighted by Gasteiger charge is -2.36. The summed E-state index contributed by atoms with van der Waals surface area (Å²) in [5.74, 6) is -0.663. The van der Waals surface area contributed by atoms with Crippen LogP contribution in [0.4, 0.5) is 0 Å². The lowest BCUT2D eigenvalue weighted by Crippen LogP contribution is -2.42. The van der Waals surface area contributed by atoms with Gasteiger partial charge in [-0.1, -0.05) is 12.1 Å². The van der Waals surface area contributed by atoms with E-state index in [1.807, 2.05) is 6.92 Å². The molecule has 1 aromatic rings. The van der Waals surface area contributed by atoms with E-state index < -0.39 is 11.7 Å². The quantitative estimate of drug-likeness (QED) is 0.366. The maximum Gasteiger partial charge on any atom is 0.336 e. The topological polar surface area (TPSA) is 85.4 Å². The molecule has 7 heteroatoms. The SMILES string of the molecule is CC1(C)OC1CC[C@]1(C)OC(=O)[C@@H]2O[C@H](CCCN3C(=O)c4ccccc4C3=O)CC[C@H]21. The Morgan fingerprint density at radius 2 is 1.66 bits per heavy atom. The Balaban J connectivity index is 1.13. The van der Waals surface area contributed by atoms with E-state index in [9.17, 15) is 14.4 Å². The number of nitrogens with zero attached hydrogens (tertiary/aromatic N) is 1. The Labute approximate surface area is 188 Å². The fourth-order valence-electron chi connectivity index (χ4n) is 5.62. The third-order valence-corrected chi connectivity index (χ3v) is 7.71. The summed E-state index contributed by atoms with van der Waals surface area (Å²) in [6.45, 7) is 6.55. The van der Waals surface area contributed by atoms with Crippen LogP contribution >= 0.6 is 0 Å². The van der Waals surface area contributed by atoms with Gasteiger partial charge in [-0.05, 0) is 71.4 Å². The van der Waals surface area contributed by atoms with Gasteiger partial charge in [0.05, 0.1) is 28.9 Å². The smallest absolute Gasteiger partial charge is 0.336 e. The minimum Gasteiger partial charge on any atom is -0.457 e. The summed E-state index contributed by atoms with van der Waals surface area (Å²) in [6, 6.07) is 6.93. The first-order chi connectivity index (χ1) is 15.2. The second kappa shape index (κ2) is 7.66. The molecule has 4 heterocycles. The molecule has 3 fully saturated rings. The number of ether oxygens (including phenoxy) is 3. The van der Waals surface area contributed by atoms with E-state index in [0.717, 1.165) is 25.7 Å². The average molecular weight is 442 g/mol. The molecule has 0 aliphatic carbocycles. The molecule has 1 aromatic carbocycles. The third kappa shape index (κ3) is 3.65. The van der Waals surface area contributed by atoms with Gasteiger partial charge in [-0.2, -0.15) is 0 Å². The van der Waals surface area contributed by atoms with Crippen molar-refractivity contribution >= 4 is 17.8 Å². The number of benzene rings is 1. The Bertz CT molecular complexity index is 923. The van der Waals surface area contributed by atoms with Crippen molar-refractivity contribution in [2.75, 3.05) is 6.54 Å². The van der Waals surface area contributed by atoms with Gasteiger partial charge >= 0.3 is 5.97 Å². The van der Waals surface area contributed by atoms with E-state index in [4.69, 9.17) is 14.2 Å². The fraction of sp³-hybridized carbons (Fsp3) is 0.640. The number of amides is 2. The number of imide groups is 1. The number of hydrogen-bond acceptors (Lipinski definition) is 6. The maximum atomic E-state index is 12.6. The Morgan fingerprint density at radius 3 is 2.28 bits per heavy atom. The van der Waals surface area contributed by atoms with E-state index in [2.05, 4.69) is 13.8 Å². The zero-order valence-electron chi connectivity index (χ0n) is 19.0. The van der Waals surface area contributed by atoms with Crippen LogP contribution in [-0.4, -0.2) is 58.7 Å². The molecule has 0 aromatic heterocycles. The van der Waals surface area contributed by atoms with Crippen molar-refractivity contribution in [3.05, 3.63) is 35.4 Å². The van der Waals surface area contributed by atoms with Gasteiger partial charge in [-0.25, -0.2) is 4.79 Å². The standard InChI is InChI=1S/C25H31NO6/c1-24(2)19(31-24)12-13-25(3)18-11-10-15(30-20(18)23(29)32-25)7-6-14-26-21(27)16-8-4-5-9-17(16)22(26)28/h4-5,8-9,15,18-20H,6-7,10-14H2,1-3H3/t15-,18-,19?,20-,25+/m1/s1. The highest BCUT2D eigenvalue weighted by Gasteiger charge is 2.57. The van der Waals surface area contributed by atoms with Crippen molar-refractivity contribution in [3.63, 3.8) is 0 Å². The molecule has 0 saturated carbocycles. The number of carbonyl (C=O) groups is 3. The first-order valence-electron chi connectivity index (χ1n) is 11.7. The van der Waals surface area contributed by atoms with Crippen LogP contribution in [0.25, 0.3) is 0 Å². The maximum absolute atomic E-state index is 12.6. The number of fused-ring (bicyclic) bond motifs is 2. The van der Waals surface area contributed by atoms with Gasteiger partial charge in [0.2, 0.25) is 0 Å². The van der Waals surface area contributed by atoms with Crippen molar-refractivity contribution in [1.29, 1.82) is 0 Å². The van der Waals surface area contributed by atoms with Crippen LogP contribution in [-0.2, 0) is 19.0 Å². The minimum atomic E-state index is -0.522. The summed E-state index contributed by atoms with van der Waals surface area (Å²) >= 11 is 0. The monoisotopic (exact) mass is 441 g/mol. The molecular formula is C25H31NO6. The lowest BCUT2D eigenvalue weighted by molar-refractivity contribution is -0.157. The van der Waals surface area contributed by atoms with Gasteiger partial charge in [0.25, 0.3) is 11.8 Å². The number of hydrogen-bond donors (Lipinski definition) is 0. The first-order valence-corrected chi connectivity index (χ1v) is 11.7. The molecular weight excluding hydrogens is 410 g/mol. The van der Waals surface area contributed by atoms with Crippen LogP contribution < -0.4 is 0 Å². The van der Waals surface area contributed by atoms with Crippen LogP contribution in [0.5, 0.6) is 0 Å². The van der Waals surface area contributed by atoms with Gasteiger partial charge < -0.3 is 14.2 Å². The van der Waals surface area contributed by atoms with Gasteiger partial charge in [-0.15, -0.1) is 0 Å². The molecule has 5 atom stereocenters. The van der Waals surface area contributed by atoms with Gasteiger partial charge in [-0.3, -0.25) is 14.5 Å². The molecule has 172 valence electrons. The zero-order chi connectivity index (χ0) is 22.7. The number of rotatable bonds is 7. The van der Waals surface area contributed by atoms with Crippen molar-refractivity contribution < 1.29 is 28.6 Å². The summed E-state index contributed by atoms with van der Waals surface area (Å²) < 4.78 is 17.7. The molecule has 0 bridgehead atoms. The number of cyclic esters (lactones) is 1. The number of esters is 1. The molecule has 2 amide bonds. The molecule has 32 heavy (non-hydrogen) atoms. The highest BCUT2D eigenvalue weighted by atomic mass is 16.6. The normalized spacial score (nSPS) is 35.0. The minimum absolute atomic E-state index is 0.0596. The largest absolute Gasteiger partial charge is 0.457 e. The van der Waals surface area contributed by atoms with Crippen LogP contribution in [0, 0.1) is 5.92 Å². The van der Waals surface area contributed by atoms with Crippen LogP contribution in [0.3, 0.4) is 0 Å². The summed E-state index contributed by atoms with van der Waals surface area (Å²) in [5, 5.41) is 0. The van der Waals surface area contributed by atoms with Crippen LogP contribution in [0.1, 0.15) is 80.0 Å². The van der Waals surface area contributed by atoms with Crippen molar-refractivity contribution in [3.8, 4) is 0 Å². The predicted molar refractivity (Wildman–Crippen MR) is 115 cm³/mol. The predicted octanol–water partition coefficient (Wildman–Crippen LogP) is 3.50. The van der Waals surface area contributed by atoms with Crippen LogP contribution in [0.2, 0.25) is 0 Å².